The summed E-state index contributed by atoms with van der Waals surface area (Å²) in [4.78, 5) is 26.5. The highest BCUT2D eigenvalue weighted by Gasteiger charge is 2.55. The van der Waals surface area contributed by atoms with Gasteiger partial charge in [-0.05, 0) is 39.5 Å². The monoisotopic (exact) mass is 662 g/mol. The Kier molecular flexibility index (Phi) is 16.4. The molecule has 0 radical (unpaired) electrons. The number of aliphatic hydroxyl groups excluding tert-OH is 1. The van der Waals surface area contributed by atoms with E-state index in [0.717, 1.165) is 4.57 Å². The lowest BCUT2D eigenvalue weighted by Gasteiger charge is -2.39. The number of nitrogens with one attached hydrogen (secondary N) is 2. The quantitative estimate of drug-likeness (QED) is 0.114. The van der Waals surface area contributed by atoms with Crippen LogP contribution in [0.25, 0.3) is 0 Å². The van der Waals surface area contributed by atoms with E-state index in [1.165, 1.54) is 88.2 Å². The largest absolute Gasteiger partial charge is 0.748 e. The normalized spacial score (nSPS) is 22.7. The summed E-state index contributed by atoms with van der Waals surface area (Å²) in [6, 6.07) is 0. The molecule has 0 aromatic carbocycles. The van der Waals surface area contributed by atoms with Gasteiger partial charge in [0.25, 0.3) is 5.56 Å². The summed E-state index contributed by atoms with van der Waals surface area (Å²) in [7, 11) is -4.37. The minimum absolute atomic E-state index is 0.0712. The van der Waals surface area contributed by atoms with E-state index >= 15 is 0 Å². The van der Waals surface area contributed by atoms with Crippen LogP contribution in [-0.2, 0) is 30.9 Å². The van der Waals surface area contributed by atoms with Crippen LogP contribution in [0, 0.1) is 0 Å². The molecule has 4 atom stereocenters. The highest BCUT2D eigenvalue weighted by molar-refractivity contribution is 7.85. The maximum Gasteiger partial charge on any atom is 0.330 e. The van der Waals surface area contributed by atoms with E-state index < -0.39 is 57.4 Å². The van der Waals surface area contributed by atoms with Gasteiger partial charge in [-0.3, -0.25) is 14.3 Å². The van der Waals surface area contributed by atoms with E-state index in [-0.39, 0.29) is 25.3 Å². The fourth-order valence-corrected chi connectivity index (χ4v) is 6.33. The molecule has 2 aliphatic rings. The Morgan fingerprint density at radius 3 is 1.93 bits per heavy atom. The molecule has 0 unspecified atom stereocenters. The van der Waals surface area contributed by atoms with Crippen molar-refractivity contribution in [2.75, 3.05) is 45.1 Å². The molecule has 2 fully saturated rings. The van der Waals surface area contributed by atoms with Crippen LogP contribution in [0.15, 0.2) is 15.8 Å². The predicted octanol–water partition coefficient (Wildman–Crippen LogP) is 2.58. The van der Waals surface area contributed by atoms with Crippen LogP contribution in [0.2, 0.25) is 0 Å². The second kappa shape index (κ2) is 18.6. The molecule has 14 heteroatoms. The SMILES string of the molecule is CC1(C)O[C@@H]2[C@H](O1)[C@@H](CO)O[C@H]2n1cc(CNCCS(=O)(=O)[O-])c(=O)[nH]c1=O.CCCC[N+](CCCC)(CCCC)CCCC. The lowest BCUT2D eigenvalue weighted by atomic mass is 10.1. The molecule has 13 nitrogen and oxygen atoms in total. The first kappa shape index (κ1) is 39.5. The average molecular weight is 663 g/mol. The zero-order valence-electron chi connectivity index (χ0n) is 28.2. The van der Waals surface area contributed by atoms with E-state index in [1.807, 2.05) is 0 Å². The number of H-pyrrole nitrogens is 1. The van der Waals surface area contributed by atoms with Gasteiger partial charge in [0.1, 0.15) is 18.3 Å². The number of ether oxygens (including phenoxy) is 3. The number of nitrogens with zero attached hydrogens (tertiary/aromatic N) is 2. The van der Waals surface area contributed by atoms with E-state index in [0.29, 0.717) is 0 Å². The van der Waals surface area contributed by atoms with E-state index in [4.69, 9.17) is 14.2 Å². The van der Waals surface area contributed by atoms with Gasteiger partial charge in [0.05, 0.1) is 48.7 Å². The molecule has 0 aliphatic carbocycles. The summed E-state index contributed by atoms with van der Waals surface area (Å²) >= 11 is 0. The van der Waals surface area contributed by atoms with Crippen molar-refractivity contribution >= 4 is 10.1 Å². The number of rotatable bonds is 19. The number of aromatic amines is 1. The summed E-state index contributed by atoms with van der Waals surface area (Å²) in [6.45, 7) is 17.9. The van der Waals surface area contributed by atoms with Crippen molar-refractivity contribution in [1.82, 2.24) is 14.9 Å². The molecule has 3 N–H and O–H groups in total. The number of hydrogen-bond donors (Lipinski definition) is 3. The van der Waals surface area contributed by atoms with E-state index in [9.17, 15) is 27.7 Å². The molecule has 1 aromatic heterocycles. The molecule has 2 aliphatic heterocycles. The maximum absolute atomic E-state index is 12.3. The van der Waals surface area contributed by atoms with Crippen LogP contribution < -0.4 is 16.6 Å². The number of aromatic nitrogens is 2. The summed E-state index contributed by atoms with van der Waals surface area (Å²) in [5, 5.41) is 12.2. The Balaban J connectivity index is 0.000000358. The molecular formula is C31H58N4O9S. The van der Waals surface area contributed by atoms with Gasteiger partial charge in [0.15, 0.2) is 12.0 Å². The fourth-order valence-electron chi connectivity index (χ4n) is 5.94. The Morgan fingerprint density at radius 2 is 1.47 bits per heavy atom. The Morgan fingerprint density at radius 1 is 0.956 bits per heavy atom. The first-order chi connectivity index (χ1) is 21.2. The zero-order valence-corrected chi connectivity index (χ0v) is 29.0. The topological polar surface area (TPSA) is 172 Å². The lowest BCUT2D eigenvalue weighted by Crippen LogP contribution is -2.50. The van der Waals surface area contributed by atoms with Crippen LogP contribution in [0.4, 0.5) is 0 Å². The van der Waals surface area contributed by atoms with Gasteiger partial charge in [-0.15, -0.1) is 0 Å². The molecule has 45 heavy (non-hydrogen) atoms. The first-order valence-electron chi connectivity index (χ1n) is 16.7. The zero-order chi connectivity index (χ0) is 33.7. The van der Waals surface area contributed by atoms with E-state index in [2.05, 4.69) is 38.0 Å². The van der Waals surface area contributed by atoms with Gasteiger partial charge in [0, 0.05) is 24.8 Å². The first-order valence-corrected chi connectivity index (χ1v) is 18.3. The number of aliphatic hydroxyl groups is 1. The standard InChI is InChI=1S/C16H36N.C15H23N3O9S/c1-5-9-13-17(14-10-6-2,15-11-7-3)16-12-8-4;1-15(2)26-10-9(7-19)25-13(11(10)27-15)18-6-8(12(20)17-14(18)21)5-16-3-4-28(22,23)24/h5-16H2,1-4H3;6,9-11,13,16,19H,3-5,7H2,1-2H3,(H,17,20,21)(H,22,23,24)/q+1;/p-1/t;9-,10-,11-,13-/m.1/s1. The van der Waals surface area contributed by atoms with Crippen LogP contribution >= 0.6 is 0 Å². The van der Waals surface area contributed by atoms with Gasteiger partial charge in [-0.1, -0.05) is 53.4 Å². The fraction of sp³-hybridized carbons (Fsp3) is 0.871. The summed E-state index contributed by atoms with van der Waals surface area (Å²) in [6.07, 6.45) is 9.42. The maximum atomic E-state index is 12.3. The minimum Gasteiger partial charge on any atom is -0.748 e. The van der Waals surface area contributed by atoms with Crippen LogP contribution in [0.3, 0.4) is 0 Å². The molecule has 2 saturated heterocycles. The summed E-state index contributed by atoms with van der Waals surface area (Å²) in [5.41, 5.74) is -1.25. The number of unbranched alkanes of at least 4 members (excludes halogenated alkanes) is 4. The molecule has 262 valence electrons. The minimum atomic E-state index is -4.37. The van der Waals surface area contributed by atoms with Gasteiger partial charge < -0.3 is 33.7 Å². The van der Waals surface area contributed by atoms with Gasteiger partial charge >= 0.3 is 5.69 Å². The van der Waals surface area contributed by atoms with Gasteiger partial charge in [-0.2, -0.15) is 0 Å². The number of quaternary nitrogens is 1. The number of hydrogen-bond acceptors (Lipinski definition) is 10. The van der Waals surface area contributed by atoms with Crippen LogP contribution in [0.1, 0.15) is 105 Å². The van der Waals surface area contributed by atoms with Gasteiger partial charge in [0.2, 0.25) is 0 Å². The summed E-state index contributed by atoms with van der Waals surface area (Å²) in [5.74, 6) is -1.55. The molecule has 0 saturated carbocycles. The Bertz CT molecular complexity index is 1200. The van der Waals surface area contributed by atoms with Crippen molar-refractivity contribution in [2.45, 2.75) is 130 Å². The molecule has 1 aromatic rings. The van der Waals surface area contributed by atoms with Crippen molar-refractivity contribution < 1.29 is 36.8 Å². The Hall–Kier alpha value is -1.65. The Labute approximate surface area is 269 Å². The molecular weight excluding hydrogens is 604 g/mol. The highest BCUT2D eigenvalue weighted by Crippen LogP contribution is 2.42. The van der Waals surface area contributed by atoms with Crippen LogP contribution in [0.5, 0.6) is 0 Å². The van der Waals surface area contributed by atoms with Crippen molar-refractivity contribution in [2.24, 2.45) is 0 Å². The second-order valence-electron chi connectivity index (χ2n) is 12.7. The molecule has 0 amide bonds. The van der Waals surface area contributed by atoms with Gasteiger partial charge in [-0.25, -0.2) is 13.2 Å². The van der Waals surface area contributed by atoms with Crippen molar-refractivity contribution in [3.05, 3.63) is 32.6 Å². The van der Waals surface area contributed by atoms with Crippen LogP contribution in [-0.4, -0.2) is 101 Å². The molecule has 0 bridgehead atoms. The smallest absolute Gasteiger partial charge is 0.330 e. The van der Waals surface area contributed by atoms with Crippen molar-refractivity contribution in [3.8, 4) is 0 Å². The molecule has 3 rings (SSSR count). The third kappa shape index (κ3) is 12.5. The number of fused-ring (bicyclic) bond motifs is 1. The molecule has 3 heterocycles. The molecule has 0 spiro atoms. The predicted molar refractivity (Wildman–Crippen MR) is 172 cm³/mol. The van der Waals surface area contributed by atoms with Crippen molar-refractivity contribution in [1.29, 1.82) is 0 Å². The third-order valence-corrected chi connectivity index (χ3v) is 9.11. The highest BCUT2D eigenvalue weighted by atomic mass is 32.2. The van der Waals surface area contributed by atoms with Crippen molar-refractivity contribution in [3.63, 3.8) is 0 Å². The third-order valence-electron chi connectivity index (χ3n) is 8.41. The average Bonchev–Trinajstić information content (AvgIpc) is 3.47. The summed E-state index contributed by atoms with van der Waals surface area (Å²) < 4.78 is 51.7. The lowest BCUT2D eigenvalue weighted by molar-refractivity contribution is -0.929. The second-order valence-corrected chi connectivity index (χ2v) is 14.2. The van der Waals surface area contributed by atoms with E-state index in [1.54, 1.807) is 13.8 Å².